The Hall–Kier alpha value is -1.56. The molecule has 0 saturated heterocycles. The third kappa shape index (κ3) is 4.50. The number of hydrogen-bond donors (Lipinski definition) is 0. The molecule has 0 aromatic heterocycles. The minimum absolute atomic E-state index is 0.585. The predicted octanol–water partition coefficient (Wildman–Crippen LogP) is 7.11. The van der Waals surface area contributed by atoms with Gasteiger partial charge in [0.25, 0.3) is 0 Å². The fourth-order valence-electron chi connectivity index (χ4n) is 4.37. The third-order valence-electron chi connectivity index (χ3n) is 5.91. The summed E-state index contributed by atoms with van der Waals surface area (Å²) in [4.78, 5) is 0. The Balaban J connectivity index is 1.56. The van der Waals surface area contributed by atoms with Crippen molar-refractivity contribution in [2.24, 2.45) is 5.92 Å². The van der Waals surface area contributed by atoms with Gasteiger partial charge in [0.05, 0.1) is 0 Å². The lowest BCUT2D eigenvalue weighted by molar-refractivity contribution is 0.308. The van der Waals surface area contributed by atoms with Crippen LogP contribution in [0.4, 0.5) is 0 Å². The molecule has 2 aromatic rings. The van der Waals surface area contributed by atoms with Gasteiger partial charge in [-0.2, -0.15) is 0 Å². The molecule has 1 aliphatic carbocycles. The molecule has 0 radical (unpaired) electrons. The van der Waals surface area contributed by atoms with Crippen LogP contribution in [0.3, 0.4) is 0 Å². The maximum Gasteiger partial charge on any atom is -0.0150 e. The van der Waals surface area contributed by atoms with E-state index in [1.807, 2.05) is 0 Å². The molecule has 1 saturated carbocycles. The van der Waals surface area contributed by atoms with E-state index in [1.165, 1.54) is 49.7 Å². The first-order chi connectivity index (χ1) is 11.8. The Bertz CT molecular complexity index is 588. The standard InChI is InChI=1S/C24H32/c1-3-7-20-10-14-23(15-11-20)24-16-12-21(13-17-24)18-19(2)22-8-5-4-6-9-22/h4-6,8-9,12-13,16-17,19-20,23H,3,7,10-11,14-15,18H2,1-2H3/t19-,20?,23?/m0/s1. The van der Waals surface area contributed by atoms with E-state index in [9.17, 15) is 0 Å². The molecule has 3 rings (SSSR count). The minimum atomic E-state index is 0.585. The van der Waals surface area contributed by atoms with E-state index >= 15 is 0 Å². The van der Waals surface area contributed by atoms with E-state index in [1.54, 1.807) is 5.56 Å². The van der Waals surface area contributed by atoms with Gasteiger partial charge in [0, 0.05) is 0 Å². The van der Waals surface area contributed by atoms with E-state index in [-0.39, 0.29) is 0 Å². The first kappa shape index (κ1) is 17.3. The smallest absolute Gasteiger partial charge is 0.0150 e. The quantitative estimate of drug-likeness (QED) is 0.532. The summed E-state index contributed by atoms with van der Waals surface area (Å²) < 4.78 is 0. The SMILES string of the molecule is CCCC1CCC(c2ccc(C[C@H](C)c3ccccc3)cc2)CC1. The molecule has 0 spiro atoms. The van der Waals surface area contributed by atoms with Gasteiger partial charge in [-0.05, 0) is 66.5 Å². The fraction of sp³-hybridized carbons (Fsp3) is 0.500. The van der Waals surface area contributed by atoms with Gasteiger partial charge in [-0.1, -0.05) is 81.3 Å². The molecule has 0 heteroatoms. The second-order valence-electron chi connectivity index (χ2n) is 7.76. The zero-order chi connectivity index (χ0) is 16.8. The van der Waals surface area contributed by atoms with E-state index in [0.717, 1.165) is 18.3 Å². The molecule has 0 amide bonds. The van der Waals surface area contributed by atoms with Crippen LogP contribution in [-0.2, 0) is 6.42 Å². The molecular weight excluding hydrogens is 288 g/mol. The summed E-state index contributed by atoms with van der Waals surface area (Å²) in [6, 6.07) is 20.4. The lowest BCUT2D eigenvalue weighted by Gasteiger charge is -2.28. The van der Waals surface area contributed by atoms with Crippen LogP contribution in [0.5, 0.6) is 0 Å². The van der Waals surface area contributed by atoms with Crippen molar-refractivity contribution in [3.63, 3.8) is 0 Å². The lowest BCUT2D eigenvalue weighted by Crippen LogP contribution is -2.13. The van der Waals surface area contributed by atoms with Crippen LogP contribution < -0.4 is 0 Å². The van der Waals surface area contributed by atoms with Gasteiger partial charge in [-0.15, -0.1) is 0 Å². The van der Waals surface area contributed by atoms with Gasteiger partial charge in [0.1, 0.15) is 0 Å². The molecular formula is C24H32. The molecule has 0 nitrogen and oxygen atoms in total. The molecule has 0 unspecified atom stereocenters. The maximum absolute atomic E-state index is 2.40. The predicted molar refractivity (Wildman–Crippen MR) is 105 cm³/mol. The van der Waals surface area contributed by atoms with Gasteiger partial charge in [0.2, 0.25) is 0 Å². The first-order valence-corrected chi connectivity index (χ1v) is 9.90. The van der Waals surface area contributed by atoms with Crippen LogP contribution >= 0.6 is 0 Å². The van der Waals surface area contributed by atoms with Crippen molar-refractivity contribution >= 4 is 0 Å². The highest BCUT2D eigenvalue weighted by atomic mass is 14.3. The number of benzene rings is 2. The van der Waals surface area contributed by atoms with Crippen molar-refractivity contribution < 1.29 is 0 Å². The molecule has 128 valence electrons. The second kappa shape index (κ2) is 8.51. The molecule has 0 N–H and O–H groups in total. The van der Waals surface area contributed by atoms with Crippen molar-refractivity contribution in [1.82, 2.24) is 0 Å². The van der Waals surface area contributed by atoms with Gasteiger partial charge >= 0.3 is 0 Å². The zero-order valence-corrected chi connectivity index (χ0v) is 15.4. The molecule has 1 fully saturated rings. The van der Waals surface area contributed by atoms with Gasteiger partial charge in [0.15, 0.2) is 0 Å². The molecule has 24 heavy (non-hydrogen) atoms. The molecule has 1 aliphatic rings. The number of rotatable bonds is 6. The van der Waals surface area contributed by atoms with Crippen LogP contribution in [0.2, 0.25) is 0 Å². The maximum atomic E-state index is 2.40. The molecule has 0 aliphatic heterocycles. The van der Waals surface area contributed by atoms with Crippen LogP contribution in [0.1, 0.15) is 80.9 Å². The lowest BCUT2D eigenvalue weighted by atomic mass is 9.77. The zero-order valence-electron chi connectivity index (χ0n) is 15.4. The molecule has 2 aromatic carbocycles. The van der Waals surface area contributed by atoms with E-state index in [0.29, 0.717) is 5.92 Å². The van der Waals surface area contributed by atoms with Gasteiger partial charge in [-0.25, -0.2) is 0 Å². The Kier molecular flexibility index (Phi) is 6.12. The van der Waals surface area contributed by atoms with E-state index < -0.39 is 0 Å². The van der Waals surface area contributed by atoms with E-state index in [2.05, 4.69) is 68.4 Å². The van der Waals surface area contributed by atoms with Crippen molar-refractivity contribution in [2.75, 3.05) is 0 Å². The summed E-state index contributed by atoms with van der Waals surface area (Å²) in [5.41, 5.74) is 4.48. The van der Waals surface area contributed by atoms with Crippen LogP contribution in [0.15, 0.2) is 54.6 Å². The summed E-state index contributed by atoms with van der Waals surface area (Å²) in [6.07, 6.45) is 9.58. The third-order valence-corrected chi connectivity index (χ3v) is 5.91. The molecule has 0 heterocycles. The van der Waals surface area contributed by atoms with Crippen LogP contribution in [0, 0.1) is 5.92 Å². The van der Waals surface area contributed by atoms with E-state index in [4.69, 9.17) is 0 Å². The minimum Gasteiger partial charge on any atom is -0.0654 e. The largest absolute Gasteiger partial charge is 0.0654 e. The summed E-state index contributed by atoms with van der Waals surface area (Å²) >= 11 is 0. The van der Waals surface area contributed by atoms with Crippen molar-refractivity contribution in [3.8, 4) is 0 Å². The Morgan fingerprint density at radius 3 is 2.17 bits per heavy atom. The Labute approximate surface area is 148 Å². The Morgan fingerprint density at radius 2 is 1.54 bits per heavy atom. The summed E-state index contributed by atoms with van der Waals surface area (Å²) in [5.74, 6) is 2.39. The van der Waals surface area contributed by atoms with Gasteiger partial charge in [-0.3, -0.25) is 0 Å². The fourth-order valence-corrected chi connectivity index (χ4v) is 4.37. The highest BCUT2D eigenvalue weighted by molar-refractivity contribution is 5.28. The average molecular weight is 321 g/mol. The van der Waals surface area contributed by atoms with Crippen molar-refractivity contribution in [1.29, 1.82) is 0 Å². The topological polar surface area (TPSA) is 0 Å². The monoisotopic (exact) mass is 320 g/mol. The number of hydrogen-bond acceptors (Lipinski definition) is 0. The Morgan fingerprint density at radius 1 is 0.875 bits per heavy atom. The molecule has 1 atom stereocenters. The summed E-state index contributed by atoms with van der Waals surface area (Å²) in [5, 5.41) is 0. The average Bonchev–Trinajstić information content (AvgIpc) is 2.64. The van der Waals surface area contributed by atoms with Gasteiger partial charge < -0.3 is 0 Å². The van der Waals surface area contributed by atoms with Crippen LogP contribution in [0.25, 0.3) is 0 Å². The normalized spacial score (nSPS) is 22.2. The highest BCUT2D eigenvalue weighted by Gasteiger charge is 2.21. The van der Waals surface area contributed by atoms with Crippen LogP contribution in [-0.4, -0.2) is 0 Å². The summed E-state index contributed by atoms with van der Waals surface area (Å²) in [6.45, 7) is 4.65. The first-order valence-electron chi connectivity index (χ1n) is 9.90. The second-order valence-corrected chi connectivity index (χ2v) is 7.76. The summed E-state index contributed by atoms with van der Waals surface area (Å²) in [7, 11) is 0. The highest BCUT2D eigenvalue weighted by Crippen LogP contribution is 2.37. The van der Waals surface area contributed by atoms with Crippen molar-refractivity contribution in [3.05, 3.63) is 71.3 Å². The molecule has 0 bridgehead atoms. The van der Waals surface area contributed by atoms with Crippen molar-refractivity contribution in [2.45, 2.75) is 70.6 Å².